The molecule has 0 heterocycles. The monoisotopic (exact) mass is 947 g/mol. The zero-order valence-corrected chi connectivity index (χ0v) is 45.6. The molecular weight excluding hydrogens is 865 g/mol. The first-order valence-corrected chi connectivity index (χ1v) is 27.1. The van der Waals surface area contributed by atoms with Gasteiger partial charge in [0.2, 0.25) is 0 Å². The average Bonchev–Trinajstić information content (AvgIpc) is 3.82. The van der Waals surface area contributed by atoms with Crippen LogP contribution in [-0.4, -0.2) is 20.3 Å². The molecule has 0 radical (unpaired) electrons. The second-order valence-corrected chi connectivity index (χ2v) is 22.7. The van der Waals surface area contributed by atoms with E-state index in [4.69, 9.17) is 14.2 Å². The molecule has 0 N–H and O–H groups in total. The Morgan fingerprint density at radius 3 is 1.55 bits per heavy atom. The Bertz CT molecular complexity index is 2850. The van der Waals surface area contributed by atoms with Crippen molar-refractivity contribution in [1.29, 1.82) is 0 Å². The summed E-state index contributed by atoms with van der Waals surface area (Å²) in [6, 6.07) is 40.1. The minimum atomic E-state index is -0.498. The second-order valence-electron chi connectivity index (χ2n) is 22.7. The Morgan fingerprint density at radius 2 is 1.00 bits per heavy atom. The highest BCUT2D eigenvalue weighted by Gasteiger charge is 2.52. The molecule has 3 heteroatoms. The first-order chi connectivity index (χ1) is 34.1. The van der Waals surface area contributed by atoms with Crippen molar-refractivity contribution in [1.82, 2.24) is 0 Å². The van der Waals surface area contributed by atoms with Gasteiger partial charge in [-0.05, 0) is 158 Å². The lowest BCUT2D eigenvalue weighted by molar-refractivity contribution is 0.232. The SMILES string of the molecule is C/C=C/c1cc(OCC(CC)CCCC)c(/C=C/c2cc(OCC(CC)CCCC)c(C)cc2-c2ccc3c(c2)C2(c4ccccc4-3)c3cc(C(C)(C)C)ccc3-c3ccc(C(C)(C)C)cc32)cc1OC. The van der Waals surface area contributed by atoms with E-state index in [9.17, 15) is 0 Å². The minimum absolute atomic E-state index is 0.0190. The molecule has 0 amide bonds. The van der Waals surface area contributed by atoms with Gasteiger partial charge in [0.05, 0.1) is 25.7 Å². The Labute approximate surface area is 428 Å². The molecule has 0 saturated heterocycles. The summed E-state index contributed by atoms with van der Waals surface area (Å²) in [5.41, 5.74) is 19.5. The molecule has 0 saturated carbocycles. The fraction of sp³-hybridized carbons (Fsp3) is 0.412. The quantitative estimate of drug-likeness (QED) is 0.0756. The Hall–Kier alpha value is -5.80. The van der Waals surface area contributed by atoms with Crippen molar-refractivity contribution in [2.45, 2.75) is 151 Å². The number of allylic oxidation sites excluding steroid dienone is 1. The van der Waals surface area contributed by atoms with Crippen molar-refractivity contribution in [3.05, 3.63) is 165 Å². The van der Waals surface area contributed by atoms with Gasteiger partial charge in [-0.15, -0.1) is 0 Å². The Kier molecular flexibility index (Phi) is 15.6. The van der Waals surface area contributed by atoms with Gasteiger partial charge in [0.15, 0.2) is 0 Å². The van der Waals surface area contributed by atoms with Gasteiger partial charge in [0.1, 0.15) is 17.2 Å². The summed E-state index contributed by atoms with van der Waals surface area (Å²) < 4.78 is 19.7. The molecule has 2 aliphatic rings. The Morgan fingerprint density at radius 1 is 0.507 bits per heavy atom. The van der Waals surface area contributed by atoms with Gasteiger partial charge in [0, 0.05) is 11.1 Å². The lowest BCUT2D eigenvalue weighted by Crippen LogP contribution is -2.27. The molecule has 2 atom stereocenters. The number of rotatable bonds is 19. The number of ether oxygens (including phenoxy) is 3. The average molecular weight is 947 g/mol. The maximum atomic E-state index is 6.84. The van der Waals surface area contributed by atoms with Crippen LogP contribution >= 0.6 is 0 Å². The smallest absolute Gasteiger partial charge is 0.127 e. The van der Waals surface area contributed by atoms with E-state index in [2.05, 4.69) is 204 Å². The molecule has 1 spiro atoms. The highest BCUT2D eigenvalue weighted by atomic mass is 16.5. The van der Waals surface area contributed by atoms with Gasteiger partial charge >= 0.3 is 0 Å². The zero-order valence-electron chi connectivity index (χ0n) is 45.6. The second kappa shape index (κ2) is 21.5. The number of fused-ring (bicyclic) bond motifs is 10. The van der Waals surface area contributed by atoms with E-state index in [1.807, 2.05) is 6.92 Å². The number of benzene rings is 6. The maximum Gasteiger partial charge on any atom is 0.127 e. The van der Waals surface area contributed by atoms with Gasteiger partial charge in [-0.2, -0.15) is 0 Å². The summed E-state index contributed by atoms with van der Waals surface area (Å²) in [5.74, 6) is 3.65. The minimum Gasteiger partial charge on any atom is -0.496 e. The van der Waals surface area contributed by atoms with E-state index in [0.29, 0.717) is 25.0 Å². The molecule has 0 aromatic heterocycles. The maximum absolute atomic E-state index is 6.84. The van der Waals surface area contributed by atoms with Crippen LogP contribution < -0.4 is 14.2 Å². The number of aryl methyl sites for hydroxylation is 1. The summed E-state index contributed by atoms with van der Waals surface area (Å²) in [5, 5.41) is 0. The van der Waals surface area contributed by atoms with Crippen LogP contribution in [0.4, 0.5) is 0 Å². The van der Waals surface area contributed by atoms with E-state index >= 15 is 0 Å². The first-order valence-electron chi connectivity index (χ1n) is 27.1. The summed E-state index contributed by atoms with van der Waals surface area (Å²) in [6.45, 7) is 28.8. The predicted molar refractivity (Wildman–Crippen MR) is 305 cm³/mol. The van der Waals surface area contributed by atoms with Gasteiger partial charge in [-0.1, -0.05) is 205 Å². The predicted octanol–water partition coefficient (Wildman–Crippen LogP) is 19.0. The van der Waals surface area contributed by atoms with Crippen molar-refractivity contribution >= 4 is 18.2 Å². The highest BCUT2D eigenvalue weighted by molar-refractivity contribution is 5.97. The summed E-state index contributed by atoms with van der Waals surface area (Å²) in [7, 11) is 1.76. The third-order valence-electron chi connectivity index (χ3n) is 15.8. The molecule has 6 aromatic rings. The van der Waals surface area contributed by atoms with Crippen LogP contribution in [0.1, 0.15) is 183 Å². The summed E-state index contributed by atoms with van der Waals surface area (Å²) in [6.07, 6.45) is 18.1. The normalized spacial score (nSPS) is 14.4. The van der Waals surface area contributed by atoms with Crippen LogP contribution in [0.5, 0.6) is 17.2 Å². The fourth-order valence-corrected chi connectivity index (χ4v) is 11.3. The van der Waals surface area contributed by atoms with Crippen molar-refractivity contribution in [2.75, 3.05) is 20.3 Å². The molecule has 0 bridgehead atoms. The largest absolute Gasteiger partial charge is 0.496 e. The molecule has 372 valence electrons. The van der Waals surface area contributed by atoms with Crippen LogP contribution in [0.15, 0.2) is 109 Å². The van der Waals surface area contributed by atoms with E-state index in [-0.39, 0.29) is 10.8 Å². The molecule has 8 rings (SSSR count). The molecular formula is C68H82O3. The third-order valence-corrected chi connectivity index (χ3v) is 15.8. The highest BCUT2D eigenvalue weighted by Crippen LogP contribution is 2.64. The lowest BCUT2D eigenvalue weighted by Gasteiger charge is -2.33. The van der Waals surface area contributed by atoms with Crippen LogP contribution in [0.3, 0.4) is 0 Å². The van der Waals surface area contributed by atoms with Crippen LogP contribution in [0.2, 0.25) is 0 Å². The number of hydrogen-bond donors (Lipinski definition) is 0. The molecule has 0 aliphatic heterocycles. The number of unbranched alkanes of at least 4 members (excludes halogenated alkanes) is 2. The first kappa shape index (κ1) is 51.6. The molecule has 6 aromatic carbocycles. The standard InChI is InChI=1S/C68H82O3/c1-14-19-24-46(17-4)43-70-63-38-49(28-29-51-39-64(69-13)50(23-16-3)40-65(51)71-44-47(18-5)25-20-15-2)58(36-45(63)6)48-30-33-55-54-26-21-22-27-59(54)68(60(55)37-48)61-41-52(66(7,8)9)31-34-56(61)57-35-32-53(42-62(57)68)67(10,11)12/h16,21-23,26-42,46-47H,14-15,17-20,24-25,43-44H2,1-13H3/b23-16+,29-28+. The number of methoxy groups -OCH3 is 1. The van der Waals surface area contributed by atoms with Crippen molar-refractivity contribution < 1.29 is 14.2 Å². The topological polar surface area (TPSA) is 27.7 Å². The van der Waals surface area contributed by atoms with E-state index in [1.54, 1.807) is 7.11 Å². The molecule has 2 aliphatic carbocycles. The van der Waals surface area contributed by atoms with Crippen molar-refractivity contribution in [3.63, 3.8) is 0 Å². The van der Waals surface area contributed by atoms with E-state index < -0.39 is 5.41 Å². The van der Waals surface area contributed by atoms with E-state index in [0.717, 1.165) is 52.3 Å². The molecule has 2 unspecified atom stereocenters. The third kappa shape index (κ3) is 10.2. The van der Waals surface area contributed by atoms with Gasteiger partial charge in [0.25, 0.3) is 0 Å². The van der Waals surface area contributed by atoms with Crippen molar-refractivity contribution in [3.8, 4) is 50.6 Å². The zero-order chi connectivity index (χ0) is 50.7. The van der Waals surface area contributed by atoms with Crippen LogP contribution in [0, 0.1) is 18.8 Å². The van der Waals surface area contributed by atoms with Gasteiger partial charge in [-0.3, -0.25) is 0 Å². The van der Waals surface area contributed by atoms with Gasteiger partial charge in [-0.25, -0.2) is 0 Å². The number of hydrogen-bond acceptors (Lipinski definition) is 3. The van der Waals surface area contributed by atoms with E-state index in [1.165, 1.54) is 105 Å². The lowest BCUT2D eigenvalue weighted by atomic mass is 9.68. The summed E-state index contributed by atoms with van der Waals surface area (Å²) >= 11 is 0. The molecule has 3 nitrogen and oxygen atoms in total. The summed E-state index contributed by atoms with van der Waals surface area (Å²) in [4.78, 5) is 0. The molecule has 71 heavy (non-hydrogen) atoms. The fourth-order valence-electron chi connectivity index (χ4n) is 11.3. The van der Waals surface area contributed by atoms with Crippen molar-refractivity contribution in [2.24, 2.45) is 11.8 Å². The van der Waals surface area contributed by atoms with Gasteiger partial charge < -0.3 is 14.2 Å². The Balaban J connectivity index is 1.34. The van der Waals surface area contributed by atoms with Crippen LogP contribution in [0.25, 0.3) is 51.6 Å². The van der Waals surface area contributed by atoms with Crippen LogP contribution in [-0.2, 0) is 16.2 Å². The molecule has 0 fully saturated rings.